The van der Waals surface area contributed by atoms with Crippen LogP contribution in [0.2, 0.25) is 0 Å². The van der Waals surface area contributed by atoms with Crippen LogP contribution in [0.15, 0.2) is 59.5 Å². The molecule has 2 aromatic carbocycles. The highest BCUT2D eigenvalue weighted by atomic mass is 32.2. The third kappa shape index (κ3) is 4.83. The van der Waals surface area contributed by atoms with Crippen molar-refractivity contribution in [2.45, 2.75) is 17.7 Å². The van der Waals surface area contributed by atoms with Gasteiger partial charge in [0.15, 0.2) is 0 Å². The van der Waals surface area contributed by atoms with E-state index in [1.165, 1.54) is 9.21 Å². The first kappa shape index (κ1) is 21.0. The summed E-state index contributed by atoms with van der Waals surface area (Å²) in [4.78, 5) is 26.4. The predicted octanol–water partition coefficient (Wildman–Crippen LogP) is 2.43. The molecule has 1 aliphatic rings. The van der Waals surface area contributed by atoms with Crippen LogP contribution < -0.4 is 5.32 Å². The zero-order valence-corrected chi connectivity index (χ0v) is 17.4. The zero-order chi connectivity index (χ0) is 21.0. The number of sulfonamides is 1. The van der Waals surface area contributed by atoms with Gasteiger partial charge < -0.3 is 10.2 Å². The van der Waals surface area contributed by atoms with E-state index in [-0.39, 0.29) is 23.3 Å². The van der Waals surface area contributed by atoms with E-state index in [9.17, 15) is 18.0 Å². The van der Waals surface area contributed by atoms with Crippen LogP contribution in [0.3, 0.4) is 0 Å². The molecule has 1 N–H and O–H groups in total. The van der Waals surface area contributed by atoms with Crippen LogP contribution >= 0.6 is 0 Å². The number of benzene rings is 2. The average Bonchev–Trinajstić information content (AvgIpc) is 2.74. The summed E-state index contributed by atoms with van der Waals surface area (Å²) in [5, 5.41) is 2.83. The summed E-state index contributed by atoms with van der Waals surface area (Å²) in [7, 11) is -0.260. The van der Waals surface area contributed by atoms with E-state index < -0.39 is 15.9 Å². The van der Waals surface area contributed by atoms with E-state index in [1.54, 1.807) is 68.7 Å². The predicted molar refractivity (Wildman–Crippen MR) is 111 cm³/mol. The maximum atomic E-state index is 12.8. The number of carbonyl (C=O) groups is 2. The molecule has 1 saturated heterocycles. The van der Waals surface area contributed by atoms with Gasteiger partial charge in [-0.25, -0.2) is 8.42 Å². The molecule has 154 valence electrons. The molecule has 0 aliphatic carbocycles. The smallest absolute Gasteiger partial charge is 0.253 e. The van der Waals surface area contributed by atoms with Gasteiger partial charge in [-0.15, -0.1) is 0 Å². The van der Waals surface area contributed by atoms with Crippen molar-refractivity contribution < 1.29 is 18.0 Å². The number of nitrogens with zero attached hydrogens (tertiary/aromatic N) is 2. The second-order valence-corrected chi connectivity index (χ2v) is 9.22. The van der Waals surface area contributed by atoms with Crippen LogP contribution in [0, 0.1) is 5.92 Å². The highest BCUT2D eigenvalue weighted by molar-refractivity contribution is 7.89. The lowest BCUT2D eigenvalue weighted by Crippen LogP contribution is -2.43. The van der Waals surface area contributed by atoms with Crippen molar-refractivity contribution in [2.75, 3.05) is 32.5 Å². The minimum atomic E-state index is -3.61. The van der Waals surface area contributed by atoms with E-state index >= 15 is 0 Å². The molecule has 1 atom stereocenters. The minimum Gasteiger partial charge on any atom is -0.345 e. The van der Waals surface area contributed by atoms with Crippen molar-refractivity contribution in [3.63, 3.8) is 0 Å². The third-order valence-electron chi connectivity index (χ3n) is 4.94. The van der Waals surface area contributed by atoms with Crippen LogP contribution in [-0.4, -0.2) is 56.6 Å². The van der Waals surface area contributed by atoms with E-state index in [0.29, 0.717) is 30.6 Å². The van der Waals surface area contributed by atoms with Crippen molar-refractivity contribution in [1.82, 2.24) is 9.21 Å². The number of anilines is 1. The Bertz CT molecular complexity index is 973. The molecule has 0 spiro atoms. The molecule has 8 heteroatoms. The number of carbonyl (C=O) groups excluding carboxylic acids is 2. The monoisotopic (exact) mass is 415 g/mol. The fourth-order valence-corrected chi connectivity index (χ4v) is 4.86. The topological polar surface area (TPSA) is 86.8 Å². The average molecular weight is 416 g/mol. The number of rotatable bonds is 5. The van der Waals surface area contributed by atoms with E-state index in [0.717, 1.165) is 0 Å². The fourth-order valence-electron chi connectivity index (χ4n) is 3.31. The molecule has 0 bridgehead atoms. The largest absolute Gasteiger partial charge is 0.345 e. The summed E-state index contributed by atoms with van der Waals surface area (Å²) >= 11 is 0. The molecule has 1 fully saturated rings. The Morgan fingerprint density at radius 2 is 1.69 bits per heavy atom. The third-order valence-corrected chi connectivity index (χ3v) is 6.82. The van der Waals surface area contributed by atoms with Gasteiger partial charge in [0, 0.05) is 38.4 Å². The molecular formula is C21H25N3O4S. The Hall–Kier alpha value is -2.71. The molecule has 0 unspecified atom stereocenters. The summed E-state index contributed by atoms with van der Waals surface area (Å²) in [5.41, 5.74) is 1.11. The number of hydrogen-bond acceptors (Lipinski definition) is 4. The molecular weight excluding hydrogens is 390 g/mol. The Balaban J connectivity index is 1.66. The van der Waals surface area contributed by atoms with E-state index in [2.05, 4.69) is 5.32 Å². The van der Waals surface area contributed by atoms with Crippen LogP contribution in [0.25, 0.3) is 0 Å². The van der Waals surface area contributed by atoms with Crippen molar-refractivity contribution in [2.24, 2.45) is 5.92 Å². The van der Waals surface area contributed by atoms with Gasteiger partial charge in [0.1, 0.15) is 0 Å². The zero-order valence-electron chi connectivity index (χ0n) is 16.5. The summed E-state index contributed by atoms with van der Waals surface area (Å²) in [6.07, 6.45) is 1.25. The molecule has 2 amide bonds. The fraction of sp³-hybridized carbons (Fsp3) is 0.333. The summed E-state index contributed by atoms with van der Waals surface area (Å²) in [5.74, 6) is -0.758. The number of amides is 2. The molecule has 1 heterocycles. The van der Waals surface area contributed by atoms with Crippen LogP contribution in [-0.2, 0) is 14.8 Å². The van der Waals surface area contributed by atoms with Crippen LogP contribution in [0.1, 0.15) is 23.2 Å². The second-order valence-electron chi connectivity index (χ2n) is 7.28. The van der Waals surface area contributed by atoms with Gasteiger partial charge in [0.2, 0.25) is 15.9 Å². The van der Waals surface area contributed by atoms with Crippen molar-refractivity contribution >= 4 is 27.5 Å². The normalized spacial score (nSPS) is 17.5. The lowest BCUT2D eigenvalue weighted by atomic mass is 9.98. The number of nitrogens with one attached hydrogen (secondary N) is 1. The molecule has 0 radical (unpaired) electrons. The lowest BCUT2D eigenvalue weighted by Gasteiger charge is -2.31. The van der Waals surface area contributed by atoms with Gasteiger partial charge in [-0.1, -0.05) is 18.2 Å². The minimum absolute atomic E-state index is 0.114. The molecule has 2 aromatic rings. The highest BCUT2D eigenvalue weighted by Crippen LogP contribution is 2.25. The Morgan fingerprint density at radius 3 is 2.31 bits per heavy atom. The van der Waals surface area contributed by atoms with Crippen molar-refractivity contribution in [3.05, 3.63) is 60.2 Å². The summed E-state index contributed by atoms with van der Waals surface area (Å²) < 4.78 is 27.0. The molecule has 7 nitrogen and oxygen atoms in total. The van der Waals surface area contributed by atoms with E-state index in [4.69, 9.17) is 0 Å². The quantitative estimate of drug-likeness (QED) is 0.813. The standard InChI is InChI=1S/C21H25N3O4S/c1-23(2)21(26)16-10-12-18(13-11-16)22-20(25)17-7-6-14-24(15-17)29(27,28)19-8-4-3-5-9-19/h3-5,8-13,17H,6-7,14-15H2,1-2H3,(H,22,25)/t17-/m0/s1. The molecule has 0 aromatic heterocycles. The van der Waals surface area contributed by atoms with Gasteiger partial charge in [0.05, 0.1) is 10.8 Å². The van der Waals surface area contributed by atoms with Crippen molar-refractivity contribution in [1.29, 1.82) is 0 Å². The van der Waals surface area contributed by atoms with Crippen molar-refractivity contribution in [3.8, 4) is 0 Å². The summed E-state index contributed by atoms with van der Waals surface area (Å²) in [6.45, 7) is 0.558. The lowest BCUT2D eigenvalue weighted by molar-refractivity contribution is -0.120. The van der Waals surface area contributed by atoms with Gasteiger partial charge in [-0.3, -0.25) is 9.59 Å². The van der Waals surface area contributed by atoms with Gasteiger partial charge in [0.25, 0.3) is 5.91 Å². The number of hydrogen-bond donors (Lipinski definition) is 1. The Kier molecular flexibility index (Phi) is 6.34. The highest BCUT2D eigenvalue weighted by Gasteiger charge is 2.33. The Morgan fingerprint density at radius 1 is 1.03 bits per heavy atom. The molecule has 3 rings (SSSR count). The van der Waals surface area contributed by atoms with Gasteiger partial charge in [-0.2, -0.15) is 4.31 Å². The first-order valence-corrected chi connectivity index (χ1v) is 10.9. The molecule has 0 saturated carbocycles. The van der Waals surface area contributed by atoms with Crippen LogP contribution in [0.4, 0.5) is 5.69 Å². The summed E-state index contributed by atoms with van der Waals surface area (Å²) in [6, 6.07) is 14.9. The second kappa shape index (κ2) is 8.75. The SMILES string of the molecule is CN(C)C(=O)c1ccc(NC(=O)[C@H]2CCCN(S(=O)(=O)c3ccccc3)C2)cc1. The maximum absolute atomic E-state index is 12.8. The van der Waals surface area contributed by atoms with Crippen LogP contribution in [0.5, 0.6) is 0 Å². The molecule has 29 heavy (non-hydrogen) atoms. The van der Waals surface area contributed by atoms with Gasteiger partial charge in [-0.05, 0) is 49.2 Å². The number of piperidine rings is 1. The van der Waals surface area contributed by atoms with E-state index in [1.807, 2.05) is 0 Å². The molecule has 1 aliphatic heterocycles. The first-order valence-electron chi connectivity index (χ1n) is 9.47. The maximum Gasteiger partial charge on any atom is 0.253 e. The van der Waals surface area contributed by atoms with Gasteiger partial charge >= 0.3 is 0 Å². The Labute approximate surface area is 171 Å². The first-order chi connectivity index (χ1) is 13.8.